The van der Waals surface area contributed by atoms with Crippen LogP contribution in [-0.2, 0) is 20.4 Å². The van der Waals surface area contributed by atoms with E-state index in [1.54, 1.807) is 30.3 Å². The molecule has 1 amide bonds. The van der Waals surface area contributed by atoms with Crippen LogP contribution in [0.4, 0.5) is 0 Å². The Morgan fingerprint density at radius 1 is 1.08 bits per heavy atom. The molecule has 0 aliphatic rings. The highest BCUT2D eigenvalue weighted by atomic mass is 32.2. The van der Waals surface area contributed by atoms with Crippen LogP contribution < -0.4 is 10.5 Å². The first-order valence-electron chi connectivity index (χ1n) is 7.37. The smallest absolute Gasteiger partial charge is 0.243 e. The third-order valence-corrected chi connectivity index (χ3v) is 4.89. The summed E-state index contributed by atoms with van der Waals surface area (Å²) in [6.45, 7) is 3.39. The Bertz CT molecular complexity index is 844. The summed E-state index contributed by atoms with van der Waals surface area (Å²) in [6, 6.07) is 15.9. The monoisotopic (exact) mass is 344 g/mol. The predicted molar refractivity (Wildman–Crippen MR) is 95.3 cm³/mol. The van der Waals surface area contributed by atoms with Gasteiger partial charge in [-0.15, -0.1) is 0 Å². The van der Waals surface area contributed by atoms with E-state index >= 15 is 0 Å². The van der Waals surface area contributed by atoms with Gasteiger partial charge in [-0.3, -0.25) is 4.79 Å². The van der Waals surface area contributed by atoms with Gasteiger partial charge in [0, 0.05) is 5.41 Å². The number of carbonyl (C=O) groups excluding carboxylic acids is 1. The second kappa shape index (κ2) is 6.98. The molecule has 0 heterocycles. The number of amides is 1. The number of rotatable bonds is 6. The van der Waals surface area contributed by atoms with Crippen molar-refractivity contribution in [2.45, 2.75) is 19.4 Å². The summed E-state index contributed by atoms with van der Waals surface area (Å²) in [7, 11) is -3.87. The Morgan fingerprint density at radius 2 is 1.67 bits per heavy atom. The molecule has 5 nitrogen and oxygen atoms in total. The van der Waals surface area contributed by atoms with Crippen molar-refractivity contribution in [3.8, 4) is 0 Å². The molecular weight excluding hydrogens is 324 g/mol. The van der Waals surface area contributed by atoms with E-state index < -0.39 is 21.5 Å². The minimum atomic E-state index is -3.87. The molecule has 3 N–H and O–H groups in total. The molecule has 6 heteroatoms. The van der Waals surface area contributed by atoms with Crippen LogP contribution in [0.15, 0.2) is 60.0 Å². The summed E-state index contributed by atoms with van der Waals surface area (Å²) < 4.78 is 27.1. The van der Waals surface area contributed by atoms with Crippen molar-refractivity contribution in [3.63, 3.8) is 0 Å². The first-order valence-corrected chi connectivity index (χ1v) is 8.92. The summed E-state index contributed by atoms with van der Waals surface area (Å²) in [6.07, 6.45) is 1.47. The molecular formula is C18H20N2O3S. The van der Waals surface area contributed by atoms with E-state index in [-0.39, 0.29) is 0 Å². The zero-order valence-corrected chi connectivity index (χ0v) is 14.4. The van der Waals surface area contributed by atoms with Crippen LogP contribution in [0.1, 0.15) is 23.6 Å². The maximum Gasteiger partial charge on any atom is 0.243 e. The van der Waals surface area contributed by atoms with E-state index in [1.165, 1.54) is 13.0 Å². The standard InChI is InChI=1S/C18H20N2O3S/c1-14-8-10-15(11-9-14)12-13-24(22,23)20-18(2,17(19)21)16-6-4-3-5-7-16/h3-13,20H,1-2H3,(H2,19,21). The third kappa shape index (κ3) is 4.31. The minimum absolute atomic E-state index is 0.477. The van der Waals surface area contributed by atoms with Crippen LogP contribution in [0.3, 0.4) is 0 Å². The highest BCUT2D eigenvalue weighted by Gasteiger charge is 2.36. The molecule has 0 bridgehead atoms. The molecule has 126 valence electrons. The van der Waals surface area contributed by atoms with Gasteiger partial charge in [-0.2, -0.15) is 4.72 Å². The molecule has 0 saturated carbocycles. The topological polar surface area (TPSA) is 89.3 Å². The highest BCUT2D eigenvalue weighted by Crippen LogP contribution is 2.21. The average Bonchev–Trinajstić information content (AvgIpc) is 2.54. The summed E-state index contributed by atoms with van der Waals surface area (Å²) in [4.78, 5) is 11.9. The SMILES string of the molecule is Cc1ccc(C=CS(=O)(=O)NC(C)(C(N)=O)c2ccccc2)cc1. The number of primary amides is 1. The van der Waals surface area contributed by atoms with Crippen LogP contribution >= 0.6 is 0 Å². The third-order valence-electron chi connectivity index (χ3n) is 3.71. The van der Waals surface area contributed by atoms with E-state index in [1.807, 2.05) is 31.2 Å². The fourth-order valence-corrected chi connectivity index (χ4v) is 3.38. The average molecular weight is 344 g/mol. The summed E-state index contributed by atoms with van der Waals surface area (Å²) >= 11 is 0. The van der Waals surface area contributed by atoms with Crippen molar-refractivity contribution < 1.29 is 13.2 Å². The fourth-order valence-electron chi connectivity index (χ4n) is 2.19. The molecule has 1 unspecified atom stereocenters. The van der Waals surface area contributed by atoms with Crippen molar-refractivity contribution in [3.05, 3.63) is 76.7 Å². The molecule has 1 atom stereocenters. The Balaban J connectivity index is 2.28. The molecule has 0 spiro atoms. The minimum Gasteiger partial charge on any atom is -0.368 e. The lowest BCUT2D eigenvalue weighted by atomic mass is 9.93. The van der Waals surface area contributed by atoms with Gasteiger partial charge >= 0.3 is 0 Å². The van der Waals surface area contributed by atoms with Gasteiger partial charge in [-0.05, 0) is 31.1 Å². The lowest BCUT2D eigenvalue weighted by Gasteiger charge is -2.26. The molecule has 0 fully saturated rings. The number of nitrogens with one attached hydrogen (secondary N) is 1. The Labute approximate surface area is 142 Å². The second-order valence-corrected chi connectivity index (χ2v) is 7.28. The quantitative estimate of drug-likeness (QED) is 0.842. The molecule has 24 heavy (non-hydrogen) atoms. The van der Waals surface area contributed by atoms with Crippen LogP contribution in [0, 0.1) is 6.92 Å². The largest absolute Gasteiger partial charge is 0.368 e. The van der Waals surface area contributed by atoms with Gasteiger partial charge in [0.05, 0.1) is 0 Å². The van der Waals surface area contributed by atoms with Gasteiger partial charge in [0.1, 0.15) is 5.54 Å². The lowest BCUT2D eigenvalue weighted by Crippen LogP contribution is -2.52. The Kier molecular flexibility index (Phi) is 5.21. The number of hydrogen-bond donors (Lipinski definition) is 2. The van der Waals surface area contributed by atoms with Gasteiger partial charge in [-0.25, -0.2) is 8.42 Å². The van der Waals surface area contributed by atoms with Crippen LogP contribution in [0.5, 0.6) is 0 Å². The van der Waals surface area contributed by atoms with E-state index in [9.17, 15) is 13.2 Å². The number of hydrogen-bond acceptors (Lipinski definition) is 3. The normalized spacial score (nSPS) is 14.4. The maximum atomic E-state index is 12.4. The number of nitrogens with two attached hydrogens (primary N) is 1. The number of aryl methyl sites for hydroxylation is 1. The number of sulfonamides is 1. The van der Waals surface area contributed by atoms with Crippen molar-refractivity contribution in [1.29, 1.82) is 0 Å². The van der Waals surface area contributed by atoms with Gasteiger partial charge in [0.15, 0.2) is 0 Å². The summed E-state index contributed by atoms with van der Waals surface area (Å²) in [5.41, 5.74) is 6.21. The van der Waals surface area contributed by atoms with Gasteiger partial charge in [0.25, 0.3) is 0 Å². The summed E-state index contributed by atoms with van der Waals surface area (Å²) in [5, 5.41) is 1.03. The molecule has 2 rings (SSSR count). The molecule has 0 aromatic heterocycles. The zero-order chi connectivity index (χ0) is 17.8. The number of carbonyl (C=O) groups is 1. The van der Waals surface area contributed by atoms with Crippen LogP contribution in [0.25, 0.3) is 6.08 Å². The molecule has 2 aromatic rings. The second-order valence-electron chi connectivity index (χ2n) is 5.72. The van der Waals surface area contributed by atoms with Gasteiger partial charge in [-0.1, -0.05) is 60.2 Å². The van der Waals surface area contributed by atoms with E-state index in [4.69, 9.17) is 5.73 Å². The maximum absolute atomic E-state index is 12.4. The van der Waals surface area contributed by atoms with Crippen molar-refractivity contribution in [1.82, 2.24) is 4.72 Å². The number of benzene rings is 2. The van der Waals surface area contributed by atoms with Crippen LogP contribution in [-0.4, -0.2) is 14.3 Å². The summed E-state index contributed by atoms with van der Waals surface area (Å²) in [5.74, 6) is -0.777. The zero-order valence-electron chi connectivity index (χ0n) is 13.6. The Hall–Kier alpha value is -2.44. The molecule has 0 radical (unpaired) electrons. The van der Waals surface area contributed by atoms with Crippen molar-refractivity contribution >= 4 is 22.0 Å². The first kappa shape index (κ1) is 17.9. The van der Waals surface area contributed by atoms with Gasteiger partial charge < -0.3 is 5.73 Å². The first-order chi connectivity index (χ1) is 11.2. The highest BCUT2D eigenvalue weighted by molar-refractivity contribution is 7.92. The van der Waals surface area contributed by atoms with Crippen molar-refractivity contribution in [2.75, 3.05) is 0 Å². The Morgan fingerprint density at radius 3 is 2.21 bits per heavy atom. The molecule has 0 aliphatic carbocycles. The van der Waals surface area contributed by atoms with E-state index in [0.717, 1.165) is 16.5 Å². The van der Waals surface area contributed by atoms with E-state index in [2.05, 4.69) is 4.72 Å². The molecule has 0 aliphatic heterocycles. The fraction of sp³-hybridized carbons (Fsp3) is 0.167. The van der Waals surface area contributed by atoms with Crippen molar-refractivity contribution in [2.24, 2.45) is 5.73 Å². The van der Waals surface area contributed by atoms with Gasteiger partial charge in [0.2, 0.25) is 15.9 Å². The molecule has 2 aromatic carbocycles. The van der Waals surface area contributed by atoms with E-state index in [0.29, 0.717) is 5.56 Å². The molecule has 0 saturated heterocycles. The van der Waals surface area contributed by atoms with Crippen LogP contribution in [0.2, 0.25) is 0 Å². The predicted octanol–water partition coefficient (Wildman–Crippen LogP) is 2.29. The lowest BCUT2D eigenvalue weighted by molar-refractivity contribution is -0.123.